The Balaban J connectivity index is 0. The van der Waals surface area contributed by atoms with E-state index in [-0.39, 0.29) is 13.3 Å². The van der Waals surface area contributed by atoms with Crippen LogP contribution in [0.3, 0.4) is 0 Å². The lowest BCUT2D eigenvalue weighted by atomic mass is 10.6. The van der Waals surface area contributed by atoms with Gasteiger partial charge in [-0.2, -0.15) is 0 Å². The Morgan fingerprint density at radius 2 is 2.14 bits per heavy atom. The van der Waals surface area contributed by atoms with E-state index in [1.165, 1.54) is 6.92 Å². The van der Waals surface area contributed by atoms with Gasteiger partial charge < -0.3 is 5.32 Å². The maximum Gasteiger partial charge on any atom is 0.216 e. The molecule has 44 valence electrons. The molecule has 0 aromatic heterocycles. The first-order valence-corrected chi connectivity index (χ1v) is 2.01. The summed E-state index contributed by atoms with van der Waals surface area (Å²) in [6.07, 6.45) is 0. The molecule has 0 aliphatic rings. The van der Waals surface area contributed by atoms with Gasteiger partial charge in [0.25, 0.3) is 0 Å². The zero-order valence-corrected chi connectivity index (χ0v) is 4.12. The molecule has 0 heterocycles. The van der Waals surface area contributed by atoms with Crippen LogP contribution in [0.1, 0.15) is 21.3 Å². The second-order valence-corrected chi connectivity index (χ2v) is 1.09. The van der Waals surface area contributed by atoms with Crippen molar-refractivity contribution in [2.45, 2.75) is 21.3 Å². The summed E-state index contributed by atoms with van der Waals surface area (Å²) >= 11 is 0. The molecule has 0 atom stereocenters. The third kappa shape index (κ3) is 10.8. The summed E-state index contributed by atoms with van der Waals surface area (Å²) in [7, 11) is 0. The highest BCUT2D eigenvalue weighted by atomic mass is 16.1. The lowest BCUT2D eigenvalue weighted by molar-refractivity contribution is -0.118. The van der Waals surface area contributed by atoms with E-state index in [0.717, 1.165) is 6.54 Å². The molecular weight excluding hydrogens is 90.1 g/mol. The largest absolute Gasteiger partial charge is 0.357 e. The van der Waals surface area contributed by atoms with Gasteiger partial charge in [-0.3, -0.25) is 4.79 Å². The topological polar surface area (TPSA) is 29.1 Å². The third-order valence-corrected chi connectivity index (χ3v) is 0.426. The van der Waals surface area contributed by atoms with Crippen LogP contribution < -0.4 is 5.32 Å². The molecule has 0 unspecified atom stereocenters. The molecular formula is C5H13NO. The first-order chi connectivity index (χ1) is 2.77. The molecule has 0 aliphatic heterocycles. The van der Waals surface area contributed by atoms with Gasteiger partial charge in [0.05, 0.1) is 0 Å². The van der Waals surface area contributed by atoms with E-state index in [9.17, 15) is 4.79 Å². The van der Waals surface area contributed by atoms with Crippen LogP contribution in [0.5, 0.6) is 0 Å². The standard InChI is InChI=1S/C4H9NO.CH4/c1-3-5-4(2)6;/h3H2,1-2H3,(H,5,6);1H4. The predicted octanol–water partition coefficient (Wildman–Crippen LogP) is 0.778. The Labute approximate surface area is 44.9 Å². The Bertz CT molecular complexity index is 52.0. The van der Waals surface area contributed by atoms with Crippen molar-refractivity contribution in [1.82, 2.24) is 5.32 Å². The normalized spacial score (nSPS) is 6.57. The van der Waals surface area contributed by atoms with E-state index in [4.69, 9.17) is 0 Å². The molecule has 0 aromatic carbocycles. The average molecular weight is 103 g/mol. The summed E-state index contributed by atoms with van der Waals surface area (Å²) in [6.45, 7) is 4.13. The molecule has 2 heteroatoms. The van der Waals surface area contributed by atoms with Crippen molar-refractivity contribution in [2.24, 2.45) is 0 Å². The van der Waals surface area contributed by atoms with Crippen LogP contribution in [-0.4, -0.2) is 12.5 Å². The number of hydrogen-bond donors (Lipinski definition) is 1. The van der Waals surface area contributed by atoms with Crippen LogP contribution in [0, 0.1) is 0 Å². The molecule has 0 spiro atoms. The minimum absolute atomic E-state index is 0. The molecule has 0 fully saturated rings. The highest BCUT2D eigenvalue weighted by molar-refractivity contribution is 5.72. The summed E-state index contributed by atoms with van der Waals surface area (Å²) in [6, 6.07) is 0. The van der Waals surface area contributed by atoms with E-state index in [1.54, 1.807) is 0 Å². The second-order valence-electron chi connectivity index (χ2n) is 1.09. The Hall–Kier alpha value is -0.530. The van der Waals surface area contributed by atoms with E-state index in [1.807, 2.05) is 6.92 Å². The van der Waals surface area contributed by atoms with Gasteiger partial charge in [0.15, 0.2) is 0 Å². The fraction of sp³-hybridized carbons (Fsp3) is 0.800. The number of hydrogen-bond acceptors (Lipinski definition) is 1. The van der Waals surface area contributed by atoms with Crippen LogP contribution in [0.15, 0.2) is 0 Å². The highest BCUT2D eigenvalue weighted by Gasteiger charge is 1.78. The summed E-state index contributed by atoms with van der Waals surface area (Å²) in [5.74, 6) is 0.0394. The van der Waals surface area contributed by atoms with Crippen molar-refractivity contribution in [1.29, 1.82) is 0 Å². The molecule has 0 aliphatic carbocycles. The number of nitrogens with one attached hydrogen (secondary N) is 1. The number of rotatable bonds is 1. The highest BCUT2D eigenvalue weighted by Crippen LogP contribution is 1.54. The van der Waals surface area contributed by atoms with Crippen molar-refractivity contribution in [3.8, 4) is 0 Å². The summed E-state index contributed by atoms with van der Waals surface area (Å²) < 4.78 is 0. The third-order valence-electron chi connectivity index (χ3n) is 0.426. The minimum Gasteiger partial charge on any atom is -0.357 e. The number of amides is 1. The van der Waals surface area contributed by atoms with Crippen molar-refractivity contribution in [3.05, 3.63) is 0 Å². The SMILES string of the molecule is C.CCNC(C)=O. The van der Waals surface area contributed by atoms with Crippen LogP contribution in [0.2, 0.25) is 0 Å². The monoisotopic (exact) mass is 103 g/mol. The molecule has 1 N–H and O–H groups in total. The smallest absolute Gasteiger partial charge is 0.216 e. The van der Waals surface area contributed by atoms with Crippen LogP contribution >= 0.6 is 0 Å². The van der Waals surface area contributed by atoms with E-state index < -0.39 is 0 Å². The van der Waals surface area contributed by atoms with Crippen molar-refractivity contribution < 1.29 is 4.79 Å². The summed E-state index contributed by atoms with van der Waals surface area (Å²) in [5, 5.41) is 2.57. The molecule has 2 nitrogen and oxygen atoms in total. The molecule has 0 saturated heterocycles. The summed E-state index contributed by atoms with van der Waals surface area (Å²) in [5.41, 5.74) is 0. The van der Waals surface area contributed by atoms with Gasteiger partial charge in [0.2, 0.25) is 5.91 Å². The van der Waals surface area contributed by atoms with Crippen LogP contribution in [0.4, 0.5) is 0 Å². The van der Waals surface area contributed by atoms with Gasteiger partial charge in [0.1, 0.15) is 0 Å². The van der Waals surface area contributed by atoms with Gasteiger partial charge >= 0.3 is 0 Å². The van der Waals surface area contributed by atoms with E-state index >= 15 is 0 Å². The summed E-state index contributed by atoms with van der Waals surface area (Å²) in [4.78, 5) is 9.93. The number of carbonyl (C=O) groups is 1. The molecule has 0 bridgehead atoms. The molecule has 0 aromatic rings. The van der Waals surface area contributed by atoms with Gasteiger partial charge in [-0.25, -0.2) is 0 Å². The fourth-order valence-corrected chi connectivity index (χ4v) is 0.249. The Kier molecular flexibility index (Phi) is 7.57. The average Bonchev–Trinajstić information content (AvgIpc) is 1.35. The maximum absolute atomic E-state index is 9.93. The van der Waals surface area contributed by atoms with Gasteiger partial charge in [0, 0.05) is 13.5 Å². The van der Waals surface area contributed by atoms with E-state index in [2.05, 4.69) is 5.32 Å². The first kappa shape index (κ1) is 9.69. The molecule has 0 rings (SSSR count). The number of carbonyl (C=O) groups excluding carboxylic acids is 1. The molecule has 1 amide bonds. The van der Waals surface area contributed by atoms with Gasteiger partial charge in [-0.1, -0.05) is 7.43 Å². The minimum atomic E-state index is 0. The fourth-order valence-electron chi connectivity index (χ4n) is 0.249. The lowest BCUT2D eigenvalue weighted by Crippen LogP contribution is -2.18. The van der Waals surface area contributed by atoms with Gasteiger partial charge in [-0.05, 0) is 6.92 Å². The van der Waals surface area contributed by atoms with Gasteiger partial charge in [-0.15, -0.1) is 0 Å². The van der Waals surface area contributed by atoms with Crippen molar-refractivity contribution in [2.75, 3.05) is 6.54 Å². The molecule has 7 heavy (non-hydrogen) atoms. The Morgan fingerprint density at radius 1 is 1.71 bits per heavy atom. The lowest BCUT2D eigenvalue weighted by Gasteiger charge is -1.88. The van der Waals surface area contributed by atoms with Crippen molar-refractivity contribution >= 4 is 5.91 Å². The zero-order chi connectivity index (χ0) is 4.99. The quantitative estimate of drug-likeness (QED) is 0.522. The van der Waals surface area contributed by atoms with Crippen LogP contribution in [0.25, 0.3) is 0 Å². The first-order valence-electron chi connectivity index (χ1n) is 2.01. The Morgan fingerprint density at radius 3 is 2.14 bits per heavy atom. The second kappa shape index (κ2) is 5.47. The van der Waals surface area contributed by atoms with Crippen molar-refractivity contribution in [3.63, 3.8) is 0 Å². The maximum atomic E-state index is 9.93. The van der Waals surface area contributed by atoms with Crippen LogP contribution in [-0.2, 0) is 4.79 Å². The predicted molar refractivity (Wildman–Crippen MR) is 31.1 cm³/mol. The molecule has 0 radical (unpaired) electrons. The zero-order valence-electron chi connectivity index (χ0n) is 4.12. The molecule has 0 saturated carbocycles. The van der Waals surface area contributed by atoms with E-state index in [0.29, 0.717) is 0 Å².